The Labute approximate surface area is 250 Å². The van der Waals surface area contributed by atoms with Crippen LogP contribution >= 0.6 is 23.4 Å². The van der Waals surface area contributed by atoms with Crippen molar-refractivity contribution < 1.29 is 24.2 Å². The quantitative estimate of drug-likeness (QED) is 0.218. The molecular formula is C32H35ClN2O5S. The van der Waals surface area contributed by atoms with Gasteiger partial charge in [0, 0.05) is 22.5 Å². The Bertz CT molecular complexity index is 1300. The van der Waals surface area contributed by atoms with Crippen LogP contribution in [0.5, 0.6) is 0 Å². The van der Waals surface area contributed by atoms with E-state index in [1.807, 2.05) is 30.3 Å². The summed E-state index contributed by atoms with van der Waals surface area (Å²) >= 11 is 7.71. The maximum atomic E-state index is 14.7. The van der Waals surface area contributed by atoms with Gasteiger partial charge in [0.2, 0.25) is 5.91 Å². The lowest BCUT2D eigenvalue weighted by Gasteiger charge is -2.39. The molecule has 2 aromatic rings. The van der Waals surface area contributed by atoms with E-state index in [4.69, 9.17) is 16.3 Å². The predicted molar refractivity (Wildman–Crippen MR) is 162 cm³/mol. The molecule has 3 saturated heterocycles. The lowest BCUT2D eigenvalue weighted by molar-refractivity contribution is -0.154. The zero-order valence-corrected chi connectivity index (χ0v) is 24.4. The third-order valence-corrected chi connectivity index (χ3v) is 10.6. The molecule has 1 spiro atoms. The topological polar surface area (TPSA) is 87.1 Å². The number of likely N-dealkylation sites (tertiary alicyclic amines) is 1. The van der Waals surface area contributed by atoms with Crippen molar-refractivity contribution in [2.24, 2.45) is 11.8 Å². The normalized spacial score (nSPS) is 26.9. The lowest BCUT2D eigenvalue weighted by atomic mass is 9.71. The number of thioether (sulfide) groups is 1. The minimum atomic E-state index is -0.877. The van der Waals surface area contributed by atoms with Gasteiger partial charge < -0.3 is 19.6 Å². The van der Waals surface area contributed by atoms with Gasteiger partial charge in [0.25, 0.3) is 5.91 Å². The molecule has 1 N–H and O–H groups in total. The van der Waals surface area contributed by atoms with Gasteiger partial charge in [-0.2, -0.15) is 0 Å². The molecule has 0 saturated carbocycles. The molecule has 9 heteroatoms. The summed E-state index contributed by atoms with van der Waals surface area (Å²) in [5.41, 5.74) is 1.58. The molecule has 2 aromatic carbocycles. The molecule has 6 atom stereocenters. The van der Waals surface area contributed by atoms with E-state index in [1.54, 1.807) is 58.0 Å². The number of nitrogens with zero attached hydrogens (tertiary/aromatic N) is 2. The summed E-state index contributed by atoms with van der Waals surface area (Å²) in [4.78, 5) is 45.7. The maximum Gasteiger partial charge on any atom is 0.310 e. The molecule has 216 valence electrons. The Hall–Kier alpha value is -3.07. The third-order valence-electron chi connectivity index (χ3n) is 8.44. The van der Waals surface area contributed by atoms with E-state index in [9.17, 15) is 19.5 Å². The van der Waals surface area contributed by atoms with Gasteiger partial charge in [-0.1, -0.05) is 54.1 Å². The van der Waals surface area contributed by atoms with Crippen molar-refractivity contribution in [3.05, 3.63) is 90.5 Å². The van der Waals surface area contributed by atoms with Crippen LogP contribution in [0, 0.1) is 11.8 Å². The molecule has 7 nitrogen and oxygen atoms in total. The van der Waals surface area contributed by atoms with Crippen LogP contribution < -0.4 is 4.90 Å². The summed E-state index contributed by atoms with van der Waals surface area (Å²) in [7, 11) is 0. The number of ether oxygens (including phenoxy) is 1. The summed E-state index contributed by atoms with van der Waals surface area (Å²) in [5, 5.41) is 11.1. The Morgan fingerprint density at radius 1 is 1.17 bits per heavy atom. The second kappa shape index (κ2) is 12.4. The number of esters is 1. The van der Waals surface area contributed by atoms with Gasteiger partial charge in [0.1, 0.15) is 6.04 Å². The van der Waals surface area contributed by atoms with E-state index >= 15 is 0 Å². The first-order valence-corrected chi connectivity index (χ1v) is 15.2. The monoisotopic (exact) mass is 594 g/mol. The number of carbonyl (C=O) groups excluding carboxylic acids is 3. The van der Waals surface area contributed by atoms with Crippen molar-refractivity contribution in [2.75, 3.05) is 24.7 Å². The summed E-state index contributed by atoms with van der Waals surface area (Å²) < 4.78 is 4.78. The van der Waals surface area contributed by atoms with Crippen molar-refractivity contribution in [1.29, 1.82) is 0 Å². The highest BCUT2D eigenvalue weighted by molar-refractivity contribution is 8.02. The Balaban J connectivity index is 1.57. The summed E-state index contributed by atoms with van der Waals surface area (Å²) in [5.74, 6) is -2.29. The van der Waals surface area contributed by atoms with Crippen molar-refractivity contribution in [3.8, 4) is 0 Å². The van der Waals surface area contributed by atoms with Crippen LogP contribution in [0.25, 0.3) is 0 Å². The third kappa shape index (κ3) is 5.33. The maximum absolute atomic E-state index is 14.7. The number of carbonyl (C=O) groups is 3. The van der Waals surface area contributed by atoms with E-state index in [-0.39, 0.29) is 36.8 Å². The van der Waals surface area contributed by atoms with E-state index < -0.39 is 34.6 Å². The van der Waals surface area contributed by atoms with E-state index in [2.05, 4.69) is 13.2 Å². The lowest BCUT2D eigenvalue weighted by Crippen LogP contribution is -2.58. The van der Waals surface area contributed by atoms with Gasteiger partial charge in [-0.15, -0.1) is 24.9 Å². The first kappa shape index (κ1) is 29.4. The van der Waals surface area contributed by atoms with Crippen molar-refractivity contribution in [2.45, 2.75) is 47.8 Å². The molecule has 3 aliphatic heterocycles. The molecule has 5 rings (SSSR count). The molecule has 2 unspecified atom stereocenters. The van der Waals surface area contributed by atoms with Crippen molar-refractivity contribution >= 4 is 46.8 Å². The van der Waals surface area contributed by atoms with Crippen LogP contribution in [0.2, 0.25) is 5.02 Å². The number of anilines is 1. The predicted octanol–water partition coefficient (Wildman–Crippen LogP) is 4.67. The molecule has 2 bridgehead atoms. The molecule has 3 heterocycles. The molecule has 2 amide bonds. The fourth-order valence-corrected chi connectivity index (χ4v) is 9.04. The standard InChI is InChI=1S/C32H35ClN2O5S/c1-3-5-18-40-31(39)26-25-15-16-32(41-25)27(26)29(37)35(24(20-36)19-21-9-7-6-8-10-21)28(32)30(38)34(17-4-2)23-13-11-22(33)12-14-23/h3-4,6-14,24-28,36H,1-2,5,15-20H2/t24-,25-,26+,27+,28?,32?/m1/s1. The first-order chi connectivity index (χ1) is 19.9. The Morgan fingerprint density at radius 3 is 2.56 bits per heavy atom. The highest BCUT2D eigenvalue weighted by Gasteiger charge is 2.74. The number of rotatable bonds is 12. The number of hydrogen-bond donors (Lipinski definition) is 1. The number of fused-ring (bicyclic) bond motifs is 1. The van der Waals surface area contributed by atoms with Crippen LogP contribution in [-0.2, 0) is 25.5 Å². The number of hydrogen-bond acceptors (Lipinski definition) is 6. The molecule has 3 aliphatic rings. The smallest absolute Gasteiger partial charge is 0.310 e. The van der Waals surface area contributed by atoms with Crippen LogP contribution in [0.4, 0.5) is 5.69 Å². The average Bonchev–Trinajstić information content (AvgIpc) is 3.63. The Kier molecular flexibility index (Phi) is 8.92. The molecular weight excluding hydrogens is 560 g/mol. The second-order valence-corrected chi connectivity index (χ2v) is 12.8. The Morgan fingerprint density at radius 2 is 1.90 bits per heavy atom. The highest BCUT2D eigenvalue weighted by Crippen LogP contribution is 2.67. The minimum Gasteiger partial charge on any atom is -0.465 e. The van der Waals surface area contributed by atoms with Gasteiger partial charge in [0.05, 0.1) is 35.8 Å². The molecule has 41 heavy (non-hydrogen) atoms. The van der Waals surface area contributed by atoms with Crippen molar-refractivity contribution in [3.63, 3.8) is 0 Å². The van der Waals surface area contributed by atoms with Crippen LogP contribution in [0.3, 0.4) is 0 Å². The fraction of sp³-hybridized carbons (Fsp3) is 0.406. The van der Waals surface area contributed by atoms with E-state index in [1.165, 1.54) is 0 Å². The molecule has 0 aliphatic carbocycles. The van der Waals surface area contributed by atoms with Gasteiger partial charge in [-0.3, -0.25) is 14.4 Å². The second-order valence-electron chi connectivity index (χ2n) is 10.8. The number of aliphatic hydroxyl groups is 1. The van der Waals surface area contributed by atoms with Gasteiger partial charge >= 0.3 is 5.97 Å². The number of benzene rings is 2. The summed E-state index contributed by atoms with van der Waals surface area (Å²) in [6.07, 6.45) is 5.55. The first-order valence-electron chi connectivity index (χ1n) is 14.0. The van der Waals surface area contributed by atoms with Gasteiger partial charge in [0.15, 0.2) is 0 Å². The van der Waals surface area contributed by atoms with Gasteiger partial charge in [-0.05, 0) is 55.5 Å². The molecule has 0 aromatic heterocycles. The van der Waals surface area contributed by atoms with Crippen LogP contribution in [0.15, 0.2) is 79.9 Å². The average molecular weight is 595 g/mol. The van der Waals surface area contributed by atoms with E-state index in [0.717, 1.165) is 5.56 Å². The van der Waals surface area contributed by atoms with Gasteiger partial charge in [-0.25, -0.2) is 0 Å². The fourth-order valence-electron chi connectivity index (χ4n) is 6.73. The largest absolute Gasteiger partial charge is 0.465 e. The SMILES string of the molecule is C=CCCOC(=O)[C@@H]1[C@H]2C(=O)N([C@@H](CO)Cc3ccccc3)C(C(=O)N(CC=C)c3ccc(Cl)cc3)C23CC[C@H]1S3. The van der Waals surface area contributed by atoms with Crippen LogP contribution in [0.1, 0.15) is 24.8 Å². The van der Waals surface area contributed by atoms with Crippen molar-refractivity contribution in [1.82, 2.24) is 4.90 Å². The minimum absolute atomic E-state index is 0.109. The summed E-state index contributed by atoms with van der Waals surface area (Å²) in [6, 6.07) is 15.1. The van der Waals surface area contributed by atoms with E-state index in [0.29, 0.717) is 36.4 Å². The summed E-state index contributed by atoms with van der Waals surface area (Å²) in [6.45, 7) is 7.65. The zero-order valence-electron chi connectivity index (χ0n) is 22.9. The number of aliphatic hydroxyl groups excluding tert-OH is 1. The number of halogens is 1. The van der Waals surface area contributed by atoms with Crippen LogP contribution in [-0.4, -0.2) is 69.6 Å². The zero-order chi connectivity index (χ0) is 29.1. The number of amides is 2. The molecule has 3 fully saturated rings. The highest BCUT2D eigenvalue weighted by atomic mass is 35.5. The molecule has 0 radical (unpaired) electrons.